The number of likely N-dealkylation sites (N-methyl/N-ethyl adjacent to an activating group) is 1. The molecule has 1 amide bonds. The standard InChI is InChI=1S/C24H27ClN2O5/c1-27(12-14-32-20-4-2-3-19(25)15-20)24(11-13-31-16-24)22(30)26-23(9-10-23)18-7-5-17(6-8-18)21(28)29/h2-8,15H,9-14,16H2,1H3,(H,26,30)(H,28,29). The summed E-state index contributed by atoms with van der Waals surface area (Å²) in [5.74, 6) is -0.344. The lowest BCUT2D eigenvalue weighted by atomic mass is 9.93. The SMILES string of the molecule is CN(CCOc1cccc(Cl)c1)C1(C(=O)NC2(c3ccc(C(=O)O)cc3)CC2)CCOC1. The predicted molar refractivity (Wildman–Crippen MR) is 120 cm³/mol. The van der Waals surface area contributed by atoms with Crippen LogP contribution < -0.4 is 10.1 Å². The minimum Gasteiger partial charge on any atom is -0.492 e. The molecule has 0 bridgehead atoms. The van der Waals surface area contributed by atoms with Crippen molar-refractivity contribution in [3.8, 4) is 5.75 Å². The first-order valence-corrected chi connectivity index (χ1v) is 11.1. The van der Waals surface area contributed by atoms with Crippen LogP contribution in [0.15, 0.2) is 48.5 Å². The number of rotatable bonds is 9. The number of amides is 1. The van der Waals surface area contributed by atoms with Crippen LogP contribution in [-0.2, 0) is 15.1 Å². The molecule has 1 atom stereocenters. The molecule has 4 rings (SSSR count). The van der Waals surface area contributed by atoms with E-state index in [9.17, 15) is 9.59 Å². The maximum Gasteiger partial charge on any atom is 0.335 e. The van der Waals surface area contributed by atoms with E-state index in [4.69, 9.17) is 26.2 Å². The molecular weight excluding hydrogens is 432 g/mol. The van der Waals surface area contributed by atoms with Gasteiger partial charge >= 0.3 is 5.97 Å². The lowest BCUT2D eigenvalue weighted by molar-refractivity contribution is -0.134. The first-order valence-electron chi connectivity index (χ1n) is 10.7. The van der Waals surface area contributed by atoms with E-state index in [0.717, 1.165) is 18.4 Å². The molecule has 1 saturated carbocycles. The van der Waals surface area contributed by atoms with Crippen molar-refractivity contribution in [2.24, 2.45) is 0 Å². The number of carbonyl (C=O) groups is 2. The summed E-state index contributed by atoms with van der Waals surface area (Å²) < 4.78 is 11.4. The second-order valence-corrected chi connectivity index (χ2v) is 8.92. The number of hydrogen-bond acceptors (Lipinski definition) is 5. The van der Waals surface area contributed by atoms with Crippen molar-refractivity contribution in [3.63, 3.8) is 0 Å². The molecule has 2 fully saturated rings. The average Bonchev–Trinajstić information content (AvgIpc) is 3.37. The Morgan fingerprint density at radius 3 is 2.53 bits per heavy atom. The van der Waals surface area contributed by atoms with E-state index in [2.05, 4.69) is 5.32 Å². The Morgan fingerprint density at radius 1 is 1.19 bits per heavy atom. The zero-order valence-corrected chi connectivity index (χ0v) is 18.7. The van der Waals surface area contributed by atoms with E-state index in [0.29, 0.717) is 43.6 Å². The van der Waals surface area contributed by atoms with Gasteiger partial charge in [-0.1, -0.05) is 29.8 Å². The fourth-order valence-corrected chi connectivity index (χ4v) is 4.34. The molecule has 32 heavy (non-hydrogen) atoms. The second kappa shape index (κ2) is 9.10. The van der Waals surface area contributed by atoms with Crippen LogP contribution in [0.5, 0.6) is 5.75 Å². The van der Waals surface area contributed by atoms with Gasteiger partial charge in [0.15, 0.2) is 0 Å². The van der Waals surface area contributed by atoms with E-state index in [1.807, 2.05) is 24.1 Å². The van der Waals surface area contributed by atoms with Crippen LogP contribution >= 0.6 is 11.6 Å². The van der Waals surface area contributed by atoms with Crippen molar-refractivity contribution in [1.82, 2.24) is 10.2 Å². The highest BCUT2D eigenvalue weighted by Crippen LogP contribution is 2.46. The molecule has 2 aromatic rings. The maximum absolute atomic E-state index is 13.5. The van der Waals surface area contributed by atoms with E-state index >= 15 is 0 Å². The molecule has 0 aromatic heterocycles. The number of nitrogens with zero attached hydrogens (tertiary/aromatic N) is 1. The van der Waals surface area contributed by atoms with Crippen LogP contribution in [0.1, 0.15) is 35.2 Å². The number of ether oxygens (including phenoxy) is 2. The number of carboxylic acid groups (broad SMARTS) is 1. The number of carbonyl (C=O) groups excluding carboxylic acids is 1. The molecule has 1 saturated heterocycles. The number of carboxylic acids is 1. The van der Waals surface area contributed by atoms with E-state index < -0.39 is 17.0 Å². The lowest BCUT2D eigenvalue weighted by Gasteiger charge is -2.37. The number of hydrogen-bond donors (Lipinski definition) is 2. The number of nitrogens with one attached hydrogen (secondary N) is 1. The smallest absolute Gasteiger partial charge is 0.335 e. The average molecular weight is 459 g/mol. The van der Waals surface area contributed by atoms with Gasteiger partial charge in [0.25, 0.3) is 0 Å². The topological polar surface area (TPSA) is 88.1 Å². The Bertz CT molecular complexity index is 984. The highest BCUT2D eigenvalue weighted by Gasteiger charge is 2.52. The first-order chi connectivity index (χ1) is 15.3. The van der Waals surface area contributed by atoms with Crippen molar-refractivity contribution in [1.29, 1.82) is 0 Å². The summed E-state index contributed by atoms with van der Waals surface area (Å²) >= 11 is 6.01. The highest BCUT2D eigenvalue weighted by atomic mass is 35.5. The number of aromatic carboxylic acids is 1. The van der Waals surface area contributed by atoms with Gasteiger partial charge in [-0.2, -0.15) is 0 Å². The molecule has 1 unspecified atom stereocenters. The van der Waals surface area contributed by atoms with Gasteiger partial charge in [0, 0.05) is 24.6 Å². The summed E-state index contributed by atoms with van der Waals surface area (Å²) in [4.78, 5) is 26.6. The zero-order valence-electron chi connectivity index (χ0n) is 18.0. The fraction of sp³-hybridized carbons (Fsp3) is 0.417. The Kier molecular flexibility index (Phi) is 6.42. The highest BCUT2D eigenvalue weighted by molar-refractivity contribution is 6.30. The molecule has 2 aromatic carbocycles. The summed E-state index contributed by atoms with van der Waals surface area (Å²) in [6, 6.07) is 14.0. The maximum atomic E-state index is 13.5. The lowest BCUT2D eigenvalue weighted by Crippen LogP contribution is -2.60. The molecular formula is C24H27ClN2O5. The quantitative estimate of drug-likeness (QED) is 0.599. The van der Waals surface area contributed by atoms with Crippen molar-refractivity contribution in [2.75, 3.05) is 33.4 Å². The summed E-state index contributed by atoms with van der Waals surface area (Å²) in [5.41, 5.74) is -0.0521. The van der Waals surface area contributed by atoms with Crippen molar-refractivity contribution >= 4 is 23.5 Å². The Hall–Kier alpha value is -2.61. The van der Waals surface area contributed by atoms with Crippen molar-refractivity contribution in [2.45, 2.75) is 30.3 Å². The molecule has 1 aliphatic carbocycles. The molecule has 170 valence electrons. The summed E-state index contributed by atoms with van der Waals surface area (Å²) in [6.07, 6.45) is 2.24. The van der Waals surface area contributed by atoms with Gasteiger partial charge < -0.3 is 19.9 Å². The van der Waals surface area contributed by atoms with E-state index in [1.54, 1.807) is 36.4 Å². The molecule has 2 N–H and O–H groups in total. The second-order valence-electron chi connectivity index (χ2n) is 8.48. The van der Waals surface area contributed by atoms with Gasteiger partial charge in [-0.15, -0.1) is 0 Å². The molecule has 1 heterocycles. The van der Waals surface area contributed by atoms with Crippen LogP contribution in [-0.4, -0.2) is 60.8 Å². The molecule has 0 radical (unpaired) electrons. The Labute approximate surface area is 192 Å². The van der Waals surface area contributed by atoms with Crippen LogP contribution in [0.4, 0.5) is 0 Å². The summed E-state index contributed by atoms with van der Waals surface area (Å²) in [6.45, 7) is 1.80. The van der Waals surface area contributed by atoms with Gasteiger partial charge in [-0.25, -0.2) is 4.79 Å². The van der Waals surface area contributed by atoms with Crippen molar-refractivity contribution in [3.05, 3.63) is 64.7 Å². The van der Waals surface area contributed by atoms with Gasteiger partial charge in [0.2, 0.25) is 5.91 Å². The fourth-order valence-electron chi connectivity index (χ4n) is 4.16. The third-order valence-corrected chi connectivity index (χ3v) is 6.67. The van der Waals surface area contributed by atoms with Gasteiger partial charge in [-0.05, 0) is 55.8 Å². The van der Waals surface area contributed by atoms with Crippen LogP contribution in [0.3, 0.4) is 0 Å². The molecule has 8 heteroatoms. The third kappa shape index (κ3) is 4.60. The monoisotopic (exact) mass is 458 g/mol. The molecule has 1 aliphatic heterocycles. The number of halogens is 1. The molecule has 0 spiro atoms. The van der Waals surface area contributed by atoms with Crippen LogP contribution in [0, 0.1) is 0 Å². The minimum atomic E-state index is -0.964. The largest absolute Gasteiger partial charge is 0.492 e. The Morgan fingerprint density at radius 2 is 1.94 bits per heavy atom. The Balaban J connectivity index is 1.42. The molecule has 2 aliphatic rings. The van der Waals surface area contributed by atoms with Crippen LogP contribution in [0.25, 0.3) is 0 Å². The summed E-state index contributed by atoms with van der Waals surface area (Å²) in [5, 5.41) is 13.0. The van der Waals surface area contributed by atoms with Crippen molar-refractivity contribution < 1.29 is 24.2 Å². The van der Waals surface area contributed by atoms with Crippen LogP contribution in [0.2, 0.25) is 5.02 Å². The summed E-state index contributed by atoms with van der Waals surface area (Å²) in [7, 11) is 1.91. The number of benzene rings is 2. The minimum absolute atomic E-state index is 0.0694. The predicted octanol–water partition coefficient (Wildman–Crippen LogP) is 3.31. The van der Waals surface area contributed by atoms with E-state index in [1.165, 1.54) is 0 Å². The third-order valence-electron chi connectivity index (χ3n) is 6.43. The zero-order chi connectivity index (χ0) is 22.8. The van der Waals surface area contributed by atoms with Gasteiger partial charge in [0.05, 0.1) is 17.7 Å². The van der Waals surface area contributed by atoms with Gasteiger partial charge in [-0.3, -0.25) is 9.69 Å². The van der Waals surface area contributed by atoms with E-state index in [-0.39, 0.29) is 11.5 Å². The normalized spacial score (nSPS) is 21.3. The first kappa shape index (κ1) is 22.6. The molecule has 7 nitrogen and oxygen atoms in total. The van der Waals surface area contributed by atoms with Gasteiger partial charge in [0.1, 0.15) is 17.9 Å².